The Morgan fingerprint density at radius 1 is 1.22 bits per heavy atom. The van der Waals surface area contributed by atoms with Gasteiger partial charge in [-0.25, -0.2) is 4.98 Å². The summed E-state index contributed by atoms with van der Waals surface area (Å²) in [6.07, 6.45) is 2.58. The van der Waals surface area contributed by atoms with E-state index in [0.29, 0.717) is 12.8 Å². The van der Waals surface area contributed by atoms with E-state index in [0.717, 1.165) is 32.0 Å². The fourth-order valence-electron chi connectivity index (χ4n) is 3.01. The Bertz CT molecular complexity index is 660. The van der Waals surface area contributed by atoms with Crippen molar-refractivity contribution in [3.63, 3.8) is 0 Å². The number of nitrogens with zero attached hydrogens (tertiary/aromatic N) is 4. The predicted octanol–water partition coefficient (Wildman–Crippen LogP) is 1.70. The second-order valence-corrected chi connectivity index (χ2v) is 6.02. The zero-order chi connectivity index (χ0) is 16.2. The summed E-state index contributed by atoms with van der Waals surface area (Å²) in [5.74, 6) is 0.967. The van der Waals surface area contributed by atoms with Crippen molar-refractivity contribution in [2.45, 2.75) is 26.7 Å². The molecule has 6 heteroatoms. The smallest absolute Gasteiger partial charge is 0.223 e. The van der Waals surface area contributed by atoms with E-state index in [-0.39, 0.29) is 5.91 Å². The molecular weight excluding hydrogens is 290 g/mol. The number of hydrogen-bond donors (Lipinski definition) is 1. The van der Waals surface area contributed by atoms with Crippen LogP contribution in [0.5, 0.6) is 0 Å². The second kappa shape index (κ2) is 6.81. The summed E-state index contributed by atoms with van der Waals surface area (Å²) in [6, 6.07) is 6.42. The van der Waals surface area contributed by atoms with Crippen LogP contribution in [0.3, 0.4) is 0 Å². The molecular formula is C17H23N5O. The summed E-state index contributed by atoms with van der Waals surface area (Å²) in [7, 11) is 0. The Morgan fingerprint density at radius 3 is 2.70 bits per heavy atom. The second-order valence-electron chi connectivity index (χ2n) is 6.02. The van der Waals surface area contributed by atoms with Gasteiger partial charge < -0.3 is 9.80 Å². The highest BCUT2D eigenvalue weighted by molar-refractivity contribution is 5.76. The van der Waals surface area contributed by atoms with Gasteiger partial charge in [0.15, 0.2) is 0 Å². The predicted molar refractivity (Wildman–Crippen MR) is 89.4 cm³/mol. The maximum atomic E-state index is 12.3. The molecule has 1 saturated heterocycles. The highest BCUT2D eigenvalue weighted by Crippen LogP contribution is 2.24. The number of hydrogen-bond acceptors (Lipinski definition) is 4. The number of benzene rings is 1. The SMILES string of the molecule is Cc1cccc(N2CCN(C(=O)CCc3ncn[nH]3)CC2)c1C. The van der Waals surface area contributed by atoms with Gasteiger partial charge in [-0.2, -0.15) is 5.10 Å². The molecule has 1 aromatic carbocycles. The van der Waals surface area contributed by atoms with Gasteiger partial charge in [-0.3, -0.25) is 9.89 Å². The Labute approximate surface area is 136 Å². The number of H-pyrrole nitrogens is 1. The van der Waals surface area contributed by atoms with Gasteiger partial charge in [0.1, 0.15) is 12.2 Å². The van der Waals surface area contributed by atoms with Gasteiger partial charge in [0.2, 0.25) is 5.91 Å². The Morgan fingerprint density at radius 2 is 2.00 bits per heavy atom. The molecule has 122 valence electrons. The van der Waals surface area contributed by atoms with Crippen LogP contribution >= 0.6 is 0 Å². The molecule has 1 aliphatic heterocycles. The summed E-state index contributed by atoms with van der Waals surface area (Å²) < 4.78 is 0. The number of carbonyl (C=O) groups excluding carboxylic acids is 1. The van der Waals surface area contributed by atoms with Gasteiger partial charge in [-0.05, 0) is 31.0 Å². The van der Waals surface area contributed by atoms with Crippen LogP contribution in [0.1, 0.15) is 23.4 Å². The van der Waals surface area contributed by atoms with Crippen molar-refractivity contribution in [2.75, 3.05) is 31.1 Å². The molecule has 1 N–H and O–H groups in total. The maximum absolute atomic E-state index is 12.3. The number of nitrogens with one attached hydrogen (secondary N) is 1. The Hall–Kier alpha value is -2.37. The van der Waals surface area contributed by atoms with Crippen LogP contribution in [0.2, 0.25) is 0 Å². The van der Waals surface area contributed by atoms with Crippen molar-refractivity contribution in [1.29, 1.82) is 0 Å². The molecule has 0 atom stereocenters. The first-order valence-corrected chi connectivity index (χ1v) is 8.08. The standard InChI is InChI=1S/C17H23N5O/c1-13-4-3-5-15(14(13)2)21-8-10-22(11-9-21)17(23)7-6-16-18-12-19-20-16/h3-5,12H,6-11H2,1-2H3,(H,18,19,20). The molecule has 2 aromatic rings. The molecule has 2 heterocycles. The monoisotopic (exact) mass is 313 g/mol. The number of carbonyl (C=O) groups is 1. The van der Waals surface area contributed by atoms with Gasteiger partial charge in [0, 0.05) is 44.7 Å². The van der Waals surface area contributed by atoms with Crippen molar-refractivity contribution in [1.82, 2.24) is 20.1 Å². The maximum Gasteiger partial charge on any atom is 0.223 e. The molecule has 0 bridgehead atoms. The van der Waals surface area contributed by atoms with Gasteiger partial charge in [0.05, 0.1) is 0 Å². The fourth-order valence-corrected chi connectivity index (χ4v) is 3.01. The van der Waals surface area contributed by atoms with Crippen LogP contribution < -0.4 is 4.90 Å². The minimum atomic E-state index is 0.196. The van der Waals surface area contributed by atoms with Gasteiger partial charge in [0.25, 0.3) is 0 Å². The van der Waals surface area contributed by atoms with Gasteiger partial charge in [-0.1, -0.05) is 12.1 Å². The van der Waals surface area contributed by atoms with Gasteiger partial charge >= 0.3 is 0 Å². The molecule has 1 aromatic heterocycles. The number of aromatic amines is 1. The summed E-state index contributed by atoms with van der Waals surface area (Å²) in [5.41, 5.74) is 3.93. The zero-order valence-electron chi connectivity index (χ0n) is 13.7. The molecule has 0 unspecified atom stereocenters. The van der Waals surface area contributed by atoms with Crippen LogP contribution in [0.4, 0.5) is 5.69 Å². The lowest BCUT2D eigenvalue weighted by atomic mass is 10.1. The first-order valence-electron chi connectivity index (χ1n) is 8.08. The molecule has 3 rings (SSSR count). The third kappa shape index (κ3) is 3.52. The van der Waals surface area contributed by atoms with Gasteiger partial charge in [-0.15, -0.1) is 0 Å². The highest BCUT2D eigenvalue weighted by Gasteiger charge is 2.22. The van der Waals surface area contributed by atoms with Crippen LogP contribution in [0.25, 0.3) is 0 Å². The van der Waals surface area contributed by atoms with E-state index in [9.17, 15) is 4.79 Å². The number of aryl methyl sites for hydroxylation is 2. The minimum absolute atomic E-state index is 0.196. The molecule has 1 aliphatic rings. The largest absolute Gasteiger partial charge is 0.368 e. The lowest BCUT2D eigenvalue weighted by Gasteiger charge is -2.37. The molecule has 1 amide bonds. The molecule has 0 spiro atoms. The van der Waals surface area contributed by atoms with Crippen LogP contribution in [-0.2, 0) is 11.2 Å². The van der Waals surface area contributed by atoms with Crippen molar-refractivity contribution >= 4 is 11.6 Å². The van der Waals surface area contributed by atoms with E-state index in [1.807, 2.05) is 4.90 Å². The quantitative estimate of drug-likeness (QED) is 0.933. The van der Waals surface area contributed by atoms with E-state index < -0.39 is 0 Å². The molecule has 0 saturated carbocycles. The molecule has 23 heavy (non-hydrogen) atoms. The van der Waals surface area contributed by atoms with Crippen molar-refractivity contribution in [3.8, 4) is 0 Å². The third-order valence-corrected chi connectivity index (χ3v) is 4.59. The first-order chi connectivity index (χ1) is 11.1. The number of amides is 1. The average molecular weight is 313 g/mol. The topological polar surface area (TPSA) is 65.1 Å². The van der Waals surface area contributed by atoms with Crippen molar-refractivity contribution < 1.29 is 4.79 Å². The number of piperazine rings is 1. The molecule has 0 aliphatic carbocycles. The first kappa shape index (κ1) is 15.5. The Balaban J connectivity index is 1.53. The van der Waals surface area contributed by atoms with Crippen LogP contribution in [0, 0.1) is 13.8 Å². The normalized spacial score (nSPS) is 15.0. The van der Waals surface area contributed by atoms with E-state index in [1.165, 1.54) is 23.1 Å². The summed E-state index contributed by atoms with van der Waals surface area (Å²) >= 11 is 0. The van der Waals surface area contributed by atoms with Crippen molar-refractivity contribution in [2.24, 2.45) is 0 Å². The summed E-state index contributed by atoms with van der Waals surface area (Å²) in [5, 5.41) is 6.60. The number of aromatic nitrogens is 3. The van der Waals surface area contributed by atoms with Crippen LogP contribution in [-0.4, -0.2) is 52.2 Å². The number of anilines is 1. The number of rotatable bonds is 4. The van der Waals surface area contributed by atoms with Crippen molar-refractivity contribution in [3.05, 3.63) is 41.5 Å². The summed E-state index contributed by atoms with van der Waals surface area (Å²) in [4.78, 5) is 20.7. The lowest BCUT2D eigenvalue weighted by molar-refractivity contribution is -0.131. The average Bonchev–Trinajstić information content (AvgIpc) is 3.09. The van der Waals surface area contributed by atoms with E-state index in [1.54, 1.807) is 0 Å². The molecule has 1 fully saturated rings. The third-order valence-electron chi connectivity index (χ3n) is 4.59. The summed E-state index contributed by atoms with van der Waals surface area (Å²) in [6.45, 7) is 7.64. The highest BCUT2D eigenvalue weighted by atomic mass is 16.2. The van der Waals surface area contributed by atoms with Crippen LogP contribution in [0.15, 0.2) is 24.5 Å². The molecule has 0 radical (unpaired) electrons. The van der Waals surface area contributed by atoms with E-state index in [4.69, 9.17) is 0 Å². The lowest BCUT2D eigenvalue weighted by Crippen LogP contribution is -2.49. The zero-order valence-corrected chi connectivity index (χ0v) is 13.7. The van der Waals surface area contributed by atoms with E-state index in [2.05, 4.69) is 52.1 Å². The fraction of sp³-hybridized carbons (Fsp3) is 0.471. The minimum Gasteiger partial charge on any atom is -0.368 e. The Kier molecular flexibility index (Phi) is 4.60. The molecule has 6 nitrogen and oxygen atoms in total. The van der Waals surface area contributed by atoms with E-state index >= 15 is 0 Å².